The van der Waals surface area contributed by atoms with Crippen LogP contribution in [0.3, 0.4) is 0 Å². The first-order valence-corrected chi connectivity index (χ1v) is 11.4. The molecule has 7 heteroatoms. The summed E-state index contributed by atoms with van der Waals surface area (Å²) in [5, 5.41) is 0. The maximum Gasteiger partial charge on any atom is 0.343 e. The molecule has 4 aromatic carbocycles. The van der Waals surface area contributed by atoms with Gasteiger partial charge in [0.05, 0.1) is 11.1 Å². The van der Waals surface area contributed by atoms with E-state index in [0.29, 0.717) is 34.1 Å². The Balaban J connectivity index is 1.33. The molecule has 0 fully saturated rings. The average molecular weight is 568 g/mol. The first-order valence-electron chi connectivity index (χ1n) is 9.80. The molecule has 0 aliphatic carbocycles. The molecular weight excluding hydrogens is 552 g/mol. The number of benzene rings is 4. The summed E-state index contributed by atoms with van der Waals surface area (Å²) in [5.74, 6) is 1.07. The fourth-order valence-corrected chi connectivity index (χ4v) is 3.32. The molecule has 0 heterocycles. The van der Waals surface area contributed by atoms with E-state index in [1.54, 1.807) is 97.1 Å². The summed E-state index contributed by atoms with van der Waals surface area (Å²) in [5.41, 5.74) is 0.916. The minimum absolute atomic E-state index is 0.408. The van der Waals surface area contributed by atoms with Gasteiger partial charge in [-0.15, -0.1) is 0 Å². The van der Waals surface area contributed by atoms with Crippen LogP contribution < -0.4 is 14.2 Å². The molecule has 4 rings (SSSR count). The Morgan fingerprint density at radius 1 is 0.455 bits per heavy atom. The molecule has 0 saturated heterocycles. The lowest BCUT2D eigenvalue weighted by atomic mass is 10.2. The topological polar surface area (TPSA) is 61.8 Å². The number of hydrogen-bond donors (Lipinski definition) is 0. The van der Waals surface area contributed by atoms with E-state index in [1.807, 2.05) is 0 Å². The summed E-state index contributed by atoms with van der Waals surface area (Å²) in [7, 11) is 0. The van der Waals surface area contributed by atoms with Crippen LogP contribution in [0.15, 0.2) is 106 Å². The molecular formula is C26H16Br2O5. The lowest BCUT2D eigenvalue weighted by Gasteiger charge is -2.09. The quantitative estimate of drug-likeness (QED) is 0.179. The molecule has 0 aromatic heterocycles. The van der Waals surface area contributed by atoms with E-state index in [4.69, 9.17) is 14.2 Å². The average Bonchev–Trinajstić information content (AvgIpc) is 2.82. The number of ether oxygens (including phenoxy) is 3. The number of esters is 2. The van der Waals surface area contributed by atoms with E-state index < -0.39 is 11.9 Å². The van der Waals surface area contributed by atoms with Crippen molar-refractivity contribution in [1.82, 2.24) is 0 Å². The summed E-state index contributed by atoms with van der Waals surface area (Å²) < 4.78 is 18.3. The molecule has 0 unspecified atom stereocenters. The number of rotatable bonds is 6. The van der Waals surface area contributed by atoms with E-state index in [2.05, 4.69) is 31.9 Å². The lowest BCUT2D eigenvalue weighted by molar-refractivity contribution is 0.0725. The van der Waals surface area contributed by atoms with Crippen LogP contribution in [0, 0.1) is 0 Å². The van der Waals surface area contributed by atoms with Gasteiger partial charge in [0.25, 0.3) is 0 Å². The van der Waals surface area contributed by atoms with Crippen LogP contribution in [0.2, 0.25) is 0 Å². The Bertz CT molecular complexity index is 1150. The second kappa shape index (κ2) is 10.5. The van der Waals surface area contributed by atoms with E-state index in [-0.39, 0.29) is 0 Å². The van der Waals surface area contributed by atoms with Gasteiger partial charge in [-0.25, -0.2) is 9.59 Å². The van der Waals surface area contributed by atoms with Gasteiger partial charge in [-0.3, -0.25) is 0 Å². The molecule has 5 nitrogen and oxygen atoms in total. The van der Waals surface area contributed by atoms with Crippen molar-refractivity contribution in [3.63, 3.8) is 0 Å². The van der Waals surface area contributed by atoms with Crippen LogP contribution in [0.5, 0.6) is 23.0 Å². The fraction of sp³-hybridized carbons (Fsp3) is 0. The lowest BCUT2D eigenvalue weighted by Crippen LogP contribution is -2.08. The van der Waals surface area contributed by atoms with Crippen molar-refractivity contribution in [3.8, 4) is 23.0 Å². The SMILES string of the molecule is O=C(Oc1ccc(Oc2ccc(OC(=O)c3ccc(Br)cc3)cc2)cc1)c1ccc(Br)cc1. The van der Waals surface area contributed by atoms with Gasteiger partial charge < -0.3 is 14.2 Å². The largest absolute Gasteiger partial charge is 0.457 e. The van der Waals surface area contributed by atoms with Gasteiger partial charge in [-0.05, 0) is 97.1 Å². The zero-order valence-electron chi connectivity index (χ0n) is 17.0. The van der Waals surface area contributed by atoms with Crippen molar-refractivity contribution in [2.24, 2.45) is 0 Å². The second-order valence-corrected chi connectivity index (χ2v) is 8.67. The Morgan fingerprint density at radius 2 is 0.758 bits per heavy atom. The predicted octanol–water partition coefficient (Wildman–Crippen LogP) is 7.44. The van der Waals surface area contributed by atoms with E-state index in [9.17, 15) is 9.59 Å². The van der Waals surface area contributed by atoms with E-state index >= 15 is 0 Å². The van der Waals surface area contributed by atoms with Crippen molar-refractivity contribution in [2.75, 3.05) is 0 Å². The van der Waals surface area contributed by atoms with Gasteiger partial charge in [0.1, 0.15) is 23.0 Å². The zero-order chi connectivity index (χ0) is 23.2. The minimum atomic E-state index is -0.440. The third-order valence-electron chi connectivity index (χ3n) is 4.46. The molecule has 0 aliphatic rings. The Kier molecular flexibility index (Phi) is 7.22. The molecule has 0 atom stereocenters. The number of halogens is 2. The van der Waals surface area contributed by atoms with E-state index in [1.165, 1.54) is 0 Å². The number of hydrogen-bond acceptors (Lipinski definition) is 5. The highest BCUT2D eigenvalue weighted by atomic mass is 79.9. The molecule has 164 valence electrons. The highest BCUT2D eigenvalue weighted by Crippen LogP contribution is 2.26. The third kappa shape index (κ3) is 6.31. The zero-order valence-corrected chi connectivity index (χ0v) is 20.2. The molecule has 0 saturated carbocycles. The van der Waals surface area contributed by atoms with Crippen LogP contribution in [-0.2, 0) is 0 Å². The molecule has 0 aliphatic heterocycles. The third-order valence-corrected chi connectivity index (χ3v) is 5.52. The minimum Gasteiger partial charge on any atom is -0.457 e. The summed E-state index contributed by atoms with van der Waals surface area (Å²) in [6.07, 6.45) is 0. The molecule has 33 heavy (non-hydrogen) atoms. The van der Waals surface area contributed by atoms with Crippen molar-refractivity contribution in [1.29, 1.82) is 0 Å². The molecule has 0 bridgehead atoms. The molecule has 0 radical (unpaired) electrons. The van der Waals surface area contributed by atoms with Gasteiger partial charge in [0.15, 0.2) is 0 Å². The number of carbonyl (C=O) groups is 2. The van der Waals surface area contributed by atoms with Crippen molar-refractivity contribution < 1.29 is 23.8 Å². The number of carbonyl (C=O) groups excluding carboxylic acids is 2. The highest BCUT2D eigenvalue weighted by Gasteiger charge is 2.10. The molecule has 0 N–H and O–H groups in total. The Hall–Kier alpha value is -3.42. The van der Waals surface area contributed by atoms with Crippen LogP contribution in [0.4, 0.5) is 0 Å². The van der Waals surface area contributed by atoms with Crippen molar-refractivity contribution in [3.05, 3.63) is 117 Å². The van der Waals surface area contributed by atoms with Crippen molar-refractivity contribution >= 4 is 43.8 Å². The molecule has 4 aromatic rings. The second-order valence-electron chi connectivity index (χ2n) is 6.84. The smallest absolute Gasteiger partial charge is 0.343 e. The van der Waals surface area contributed by atoms with Gasteiger partial charge in [0.2, 0.25) is 0 Å². The maximum atomic E-state index is 12.2. The van der Waals surface area contributed by atoms with Crippen molar-refractivity contribution in [2.45, 2.75) is 0 Å². The Morgan fingerprint density at radius 3 is 1.09 bits per heavy atom. The van der Waals surface area contributed by atoms with Gasteiger partial charge in [0, 0.05) is 8.95 Å². The van der Waals surface area contributed by atoms with Crippen LogP contribution in [0.1, 0.15) is 20.7 Å². The van der Waals surface area contributed by atoms with Gasteiger partial charge in [-0.1, -0.05) is 31.9 Å². The highest BCUT2D eigenvalue weighted by molar-refractivity contribution is 9.10. The Labute approximate surface area is 207 Å². The van der Waals surface area contributed by atoms with Crippen LogP contribution >= 0.6 is 31.9 Å². The van der Waals surface area contributed by atoms with E-state index in [0.717, 1.165) is 8.95 Å². The summed E-state index contributed by atoms with van der Waals surface area (Å²) in [6.45, 7) is 0. The van der Waals surface area contributed by atoms with Crippen LogP contribution in [-0.4, -0.2) is 11.9 Å². The fourth-order valence-electron chi connectivity index (χ4n) is 2.79. The van der Waals surface area contributed by atoms with Gasteiger partial charge >= 0.3 is 11.9 Å². The first kappa shape index (κ1) is 22.8. The standard InChI is InChI=1S/C26H16Br2O5/c27-19-5-1-17(2-6-19)25(29)32-23-13-9-21(10-14-23)31-22-11-15-24(16-12-22)33-26(30)18-3-7-20(28)8-4-18/h1-16H. The normalized spacial score (nSPS) is 10.4. The molecule has 0 amide bonds. The summed E-state index contributed by atoms with van der Waals surface area (Å²) in [4.78, 5) is 24.4. The van der Waals surface area contributed by atoms with Gasteiger partial charge in [-0.2, -0.15) is 0 Å². The monoisotopic (exact) mass is 566 g/mol. The predicted molar refractivity (Wildman–Crippen MR) is 131 cm³/mol. The summed E-state index contributed by atoms with van der Waals surface area (Å²) >= 11 is 6.67. The first-order chi connectivity index (χ1) is 16.0. The molecule has 0 spiro atoms. The van der Waals surface area contributed by atoms with Crippen LogP contribution in [0.25, 0.3) is 0 Å². The summed E-state index contributed by atoms with van der Waals surface area (Å²) in [6, 6.07) is 27.3. The maximum absolute atomic E-state index is 12.2.